The van der Waals surface area contributed by atoms with Gasteiger partial charge in [0.1, 0.15) is 11.0 Å². The van der Waals surface area contributed by atoms with Gasteiger partial charge in [0.15, 0.2) is 0 Å². The monoisotopic (exact) mass is 238 g/mol. The normalized spacial score (nSPS) is 10.9. The number of hydrogen-bond donors (Lipinski definition) is 2. The molecule has 3 rings (SSSR count). The highest BCUT2D eigenvalue weighted by Gasteiger charge is 2.05. The van der Waals surface area contributed by atoms with Crippen LogP contribution in [0.25, 0.3) is 16.7 Å². The smallest absolute Gasteiger partial charge is 0.123 e. The molecule has 0 aliphatic carbocycles. The quantitative estimate of drug-likeness (QED) is 0.658. The Labute approximate surface area is 104 Å². The molecule has 0 aliphatic heterocycles. The molecule has 0 unspecified atom stereocenters. The SMILES string of the molecule is NCc1ccc(-n2nc3[c]c(N)ccc3n2)cc1. The number of nitrogens with two attached hydrogens (primary N) is 2. The first-order valence-corrected chi connectivity index (χ1v) is 5.60. The molecule has 0 bridgehead atoms. The Morgan fingerprint density at radius 3 is 2.56 bits per heavy atom. The Morgan fingerprint density at radius 2 is 1.83 bits per heavy atom. The Morgan fingerprint density at radius 1 is 1.06 bits per heavy atom. The molecule has 1 radical (unpaired) electrons. The van der Waals surface area contributed by atoms with Crippen molar-refractivity contribution in [2.75, 3.05) is 5.73 Å². The average molecular weight is 238 g/mol. The summed E-state index contributed by atoms with van der Waals surface area (Å²) in [6, 6.07) is 14.4. The van der Waals surface area contributed by atoms with Crippen molar-refractivity contribution in [3.05, 3.63) is 48.0 Å². The number of anilines is 1. The lowest BCUT2D eigenvalue weighted by molar-refractivity contribution is 0.765. The molecule has 0 amide bonds. The zero-order valence-corrected chi connectivity index (χ0v) is 9.67. The van der Waals surface area contributed by atoms with Gasteiger partial charge in [0, 0.05) is 18.3 Å². The Kier molecular flexibility index (Phi) is 2.46. The highest BCUT2D eigenvalue weighted by molar-refractivity contribution is 5.76. The van der Waals surface area contributed by atoms with Crippen LogP contribution >= 0.6 is 0 Å². The van der Waals surface area contributed by atoms with Crippen LogP contribution in [-0.2, 0) is 6.54 Å². The molecule has 5 nitrogen and oxygen atoms in total. The van der Waals surface area contributed by atoms with E-state index in [1.165, 1.54) is 0 Å². The van der Waals surface area contributed by atoms with Gasteiger partial charge in [-0.1, -0.05) is 12.1 Å². The van der Waals surface area contributed by atoms with Gasteiger partial charge >= 0.3 is 0 Å². The van der Waals surface area contributed by atoms with E-state index in [9.17, 15) is 0 Å². The second kappa shape index (κ2) is 4.12. The van der Waals surface area contributed by atoms with Gasteiger partial charge in [-0.3, -0.25) is 0 Å². The van der Waals surface area contributed by atoms with Crippen LogP contribution in [0.2, 0.25) is 0 Å². The van der Waals surface area contributed by atoms with Crippen LogP contribution < -0.4 is 11.5 Å². The number of hydrogen-bond acceptors (Lipinski definition) is 4. The average Bonchev–Trinajstić information content (AvgIpc) is 2.81. The minimum atomic E-state index is 0.527. The van der Waals surface area contributed by atoms with Crippen LogP contribution in [-0.4, -0.2) is 15.0 Å². The third kappa shape index (κ3) is 1.80. The van der Waals surface area contributed by atoms with Gasteiger partial charge in [0.25, 0.3) is 0 Å². The van der Waals surface area contributed by atoms with Crippen LogP contribution in [0.1, 0.15) is 5.56 Å². The van der Waals surface area contributed by atoms with Crippen LogP contribution in [0, 0.1) is 6.07 Å². The number of aromatic nitrogens is 3. The predicted octanol–water partition coefficient (Wildman–Crippen LogP) is 1.26. The van der Waals surface area contributed by atoms with Gasteiger partial charge < -0.3 is 11.5 Å². The molecule has 0 spiro atoms. The number of benzene rings is 2. The lowest BCUT2D eigenvalue weighted by Crippen LogP contribution is -2.00. The maximum Gasteiger partial charge on any atom is 0.123 e. The van der Waals surface area contributed by atoms with E-state index in [2.05, 4.69) is 16.3 Å². The van der Waals surface area contributed by atoms with Crippen molar-refractivity contribution in [1.29, 1.82) is 0 Å². The van der Waals surface area contributed by atoms with Gasteiger partial charge in [-0.15, -0.1) is 10.2 Å². The van der Waals surface area contributed by atoms with Crippen LogP contribution in [0.3, 0.4) is 0 Å². The number of nitrogen functional groups attached to an aromatic ring is 1. The second-order valence-electron chi connectivity index (χ2n) is 4.01. The van der Waals surface area contributed by atoms with E-state index >= 15 is 0 Å². The van der Waals surface area contributed by atoms with Gasteiger partial charge in [-0.25, -0.2) is 0 Å². The Hall–Kier alpha value is -2.40. The van der Waals surface area contributed by atoms with Gasteiger partial charge in [0.2, 0.25) is 0 Å². The van der Waals surface area contributed by atoms with Gasteiger partial charge in [-0.05, 0) is 29.8 Å². The second-order valence-corrected chi connectivity index (χ2v) is 4.01. The van der Waals surface area contributed by atoms with Crippen molar-refractivity contribution in [3.63, 3.8) is 0 Å². The Balaban J connectivity index is 2.07. The topological polar surface area (TPSA) is 82.8 Å². The van der Waals surface area contributed by atoms with Crippen LogP contribution in [0.5, 0.6) is 0 Å². The molecule has 2 aromatic carbocycles. The van der Waals surface area contributed by atoms with E-state index in [4.69, 9.17) is 11.5 Å². The van der Waals surface area contributed by atoms with Crippen LogP contribution in [0.4, 0.5) is 5.69 Å². The van der Waals surface area contributed by atoms with Crippen molar-refractivity contribution in [2.24, 2.45) is 5.73 Å². The van der Waals surface area contributed by atoms with Crippen molar-refractivity contribution in [1.82, 2.24) is 15.0 Å². The first kappa shape index (κ1) is 10.7. The maximum atomic E-state index is 5.66. The highest BCUT2D eigenvalue weighted by Crippen LogP contribution is 2.15. The summed E-state index contributed by atoms with van der Waals surface area (Å²) >= 11 is 0. The van der Waals surface area contributed by atoms with Gasteiger partial charge in [-0.2, -0.15) is 4.80 Å². The predicted molar refractivity (Wildman–Crippen MR) is 70.0 cm³/mol. The van der Waals surface area contributed by atoms with Crippen molar-refractivity contribution >= 4 is 16.7 Å². The summed E-state index contributed by atoms with van der Waals surface area (Å²) in [4.78, 5) is 1.57. The fourth-order valence-electron chi connectivity index (χ4n) is 1.75. The summed E-state index contributed by atoms with van der Waals surface area (Å²) < 4.78 is 0. The summed E-state index contributed by atoms with van der Waals surface area (Å²) in [7, 11) is 0. The first-order chi connectivity index (χ1) is 8.76. The summed E-state index contributed by atoms with van der Waals surface area (Å²) in [6.45, 7) is 0.527. The maximum absolute atomic E-state index is 5.66. The van der Waals surface area contributed by atoms with Crippen LogP contribution in [0.15, 0.2) is 36.4 Å². The molecule has 3 aromatic rings. The zero-order valence-electron chi connectivity index (χ0n) is 9.67. The standard InChI is InChI=1S/C13H12N5/c14-8-9-1-4-11(5-2-9)18-16-12-6-3-10(15)7-13(12)17-18/h1-6H,8,14-15H2. The van der Waals surface area contributed by atoms with Gasteiger partial charge in [0.05, 0.1) is 5.69 Å². The molecule has 0 atom stereocenters. The number of fused-ring (bicyclic) bond motifs is 1. The fraction of sp³-hybridized carbons (Fsp3) is 0.0769. The van der Waals surface area contributed by atoms with Crippen molar-refractivity contribution in [3.8, 4) is 5.69 Å². The summed E-state index contributed by atoms with van der Waals surface area (Å²) in [5.41, 5.74) is 15.2. The van der Waals surface area contributed by atoms with E-state index < -0.39 is 0 Å². The molecule has 18 heavy (non-hydrogen) atoms. The molecular formula is C13H12N5. The molecule has 0 saturated heterocycles. The van der Waals surface area contributed by atoms with E-state index in [-0.39, 0.29) is 0 Å². The third-order valence-electron chi connectivity index (χ3n) is 2.73. The van der Waals surface area contributed by atoms with E-state index in [0.717, 1.165) is 16.8 Å². The highest BCUT2D eigenvalue weighted by atomic mass is 15.5. The fourth-order valence-corrected chi connectivity index (χ4v) is 1.75. The number of nitrogens with zero attached hydrogens (tertiary/aromatic N) is 3. The molecule has 4 N–H and O–H groups in total. The molecule has 0 aliphatic rings. The lowest BCUT2D eigenvalue weighted by Gasteiger charge is -2.00. The molecule has 89 valence electrons. The lowest BCUT2D eigenvalue weighted by atomic mass is 10.2. The molecule has 1 aromatic heterocycles. The summed E-state index contributed by atoms with van der Waals surface area (Å²) in [5.74, 6) is 0. The molecule has 5 heteroatoms. The van der Waals surface area contributed by atoms with E-state index in [1.807, 2.05) is 30.3 Å². The summed E-state index contributed by atoms with van der Waals surface area (Å²) in [5, 5.41) is 8.71. The largest absolute Gasteiger partial charge is 0.398 e. The third-order valence-corrected chi connectivity index (χ3v) is 2.73. The first-order valence-electron chi connectivity index (χ1n) is 5.60. The minimum absolute atomic E-state index is 0.527. The van der Waals surface area contributed by atoms with Crippen molar-refractivity contribution in [2.45, 2.75) is 6.54 Å². The molecule has 1 heterocycles. The number of rotatable bonds is 2. The summed E-state index contributed by atoms with van der Waals surface area (Å²) in [6.07, 6.45) is 0. The molecule has 0 saturated carbocycles. The minimum Gasteiger partial charge on any atom is -0.398 e. The van der Waals surface area contributed by atoms with E-state index in [1.54, 1.807) is 10.9 Å². The van der Waals surface area contributed by atoms with E-state index in [0.29, 0.717) is 17.7 Å². The molecule has 0 fully saturated rings. The Bertz CT molecular complexity index is 684. The zero-order chi connectivity index (χ0) is 12.5. The van der Waals surface area contributed by atoms with Crippen molar-refractivity contribution < 1.29 is 0 Å². The molecular weight excluding hydrogens is 226 g/mol.